The van der Waals surface area contributed by atoms with E-state index in [0.29, 0.717) is 0 Å². The molecule has 4 heteroatoms. The number of hydrogen-bond acceptors (Lipinski definition) is 3. The standard InChI is InChI=1S/C12H22N2O2/c1-11(2,3)16-10(15)14-8-4-5-9(14)12(13)6-7-12/h9H,4-8,13H2,1-3H3/t9-/m1/s1. The number of hydrogen-bond donors (Lipinski definition) is 1. The summed E-state index contributed by atoms with van der Waals surface area (Å²) < 4.78 is 5.41. The van der Waals surface area contributed by atoms with E-state index in [1.54, 1.807) is 0 Å². The van der Waals surface area contributed by atoms with Crippen LogP contribution in [0.25, 0.3) is 0 Å². The number of rotatable bonds is 1. The van der Waals surface area contributed by atoms with Gasteiger partial charge in [-0.25, -0.2) is 4.79 Å². The highest BCUT2D eigenvalue weighted by molar-refractivity contribution is 5.69. The van der Waals surface area contributed by atoms with Crippen molar-refractivity contribution < 1.29 is 9.53 Å². The van der Waals surface area contributed by atoms with Gasteiger partial charge >= 0.3 is 6.09 Å². The molecule has 16 heavy (non-hydrogen) atoms. The number of amides is 1. The molecule has 0 bridgehead atoms. The number of carbonyl (C=O) groups excluding carboxylic acids is 1. The molecule has 0 aromatic heterocycles. The summed E-state index contributed by atoms with van der Waals surface area (Å²) in [6, 6.07) is 0.197. The molecule has 1 heterocycles. The molecule has 92 valence electrons. The number of nitrogens with two attached hydrogens (primary N) is 1. The van der Waals surface area contributed by atoms with Gasteiger partial charge in [0.1, 0.15) is 5.60 Å². The van der Waals surface area contributed by atoms with E-state index in [-0.39, 0.29) is 17.7 Å². The van der Waals surface area contributed by atoms with Crippen LogP contribution in [0.15, 0.2) is 0 Å². The Morgan fingerprint density at radius 3 is 2.56 bits per heavy atom. The third-order valence-corrected chi connectivity index (χ3v) is 3.37. The van der Waals surface area contributed by atoms with Gasteiger partial charge in [-0.15, -0.1) is 0 Å². The maximum absolute atomic E-state index is 12.0. The lowest BCUT2D eigenvalue weighted by Crippen LogP contribution is -2.49. The Bertz CT molecular complexity index is 292. The van der Waals surface area contributed by atoms with E-state index in [9.17, 15) is 4.79 Å². The van der Waals surface area contributed by atoms with Crippen molar-refractivity contribution in [1.82, 2.24) is 4.90 Å². The summed E-state index contributed by atoms with van der Waals surface area (Å²) >= 11 is 0. The van der Waals surface area contributed by atoms with Gasteiger partial charge in [0.2, 0.25) is 0 Å². The van der Waals surface area contributed by atoms with E-state index in [1.807, 2.05) is 25.7 Å². The van der Waals surface area contributed by atoms with Crippen LogP contribution in [0.1, 0.15) is 46.5 Å². The molecule has 1 aliphatic heterocycles. The molecule has 2 fully saturated rings. The molecule has 2 aliphatic rings. The third kappa shape index (κ3) is 2.32. The first-order valence-electron chi connectivity index (χ1n) is 6.10. The first kappa shape index (κ1) is 11.7. The van der Waals surface area contributed by atoms with Crippen molar-refractivity contribution in [3.05, 3.63) is 0 Å². The van der Waals surface area contributed by atoms with Gasteiger partial charge in [0.15, 0.2) is 0 Å². The van der Waals surface area contributed by atoms with Gasteiger partial charge in [0.25, 0.3) is 0 Å². The first-order valence-corrected chi connectivity index (χ1v) is 6.10. The second-order valence-electron chi connectivity index (χ2n) is 6.06. The van der Waals surface area contributed by atoms with Crippen LogP contribution in [0, 0.1) is 0 Å². The number of likely N-dealkylation sites (tertiary alicyclic amines) is 1. The number of nitrogens with zero attached hydrogens (tertiary/aromatic N) is 1. The van der Waals surface area contributed by atoms with Crippen molar-refractivity contribution in [1.29, 1.82) is 0 Å². The molecule has 2 N–H and O–H groups in total. The first-order chi connectivity index (χ1) is 7.32. The number of carbonyl (C=O) groups is 1. The van der Waals surface area contributed by atoms with Crippen molar-refractivity contribution in [2.24, 2.45) is 5.73 Å². The maximum Gasteiger partial charge on any atom is 0.410 e. The van der Waals surface area contributed by atoms with E-state index in [4.69, 9.17) is 10.5 Å². The molecule has 1 saturated heterocycles. The van der Waals surface area contributed by atoms with Crippen molar-refractivity contribution in [3.8, 4) is 0 Å². The van der Waals surface area contributed by atoms with Gasteiger partial charge in [-0.2, -0.15) is 0 Å². The Balaban J connectivity index is 2.00. The zero-order chi connectivity index (χ0) is 12.0. The van der Waals surface area contributed by atoms with Gasteiger partial charge < -0.3 is 15.4 Å². The Kier molecular flexibility index (Phi) is 2.65. The fourth-order valence-electron chi connectivity index (χ4n) is 2.38. The van der Waals surface area contributed by atoms with Crippen molar-refractivity contribution >= 4 is 6.09 Å². The van der Waals surface area contributed by atoms with Gasteiger partial charge in [0.05, 0.1) is 6.04 Å². The van der Waals surface area contributed by atoms with E-state index >= 15 is 0 Å². The lowest BCUT2D eigenvalue weighted by Gasteiger charge is -2.31. The lowest BCUT2D eigenvalue weighted by atomic mass is 10.1. The molecule has 0 spiro atoms. The van der Waals surface area contributed by atoms with Gasteiger partial charge in [0, 0.05) is 12.1 Å². The van der Waals surface area contributed by atoms with E-state index < -0.39 is 5.60 Å². The van der Waals surface area contributed by atoms with Gasteiger partial charge in [-0.3, -0.25) is 0 Å². The largest absolute Gasteiger partial charge is 0.444 e. The molecule has 1 amide bonds. The summed E-state index contributed by atoms with van der Waals surface area (Å²) in [4.78, 5) is 13.8. The fraction of sp³-hybridized carbons (Fsp3) is 0.917. The van der Waals surface area contributed by atoms with Crippen molar-refractivity contribution in [3.63, 3.8) is 0 Å². The second kappa shape index (κ2) is 3.62. The van der Waals surface area contributed by atoms with Crippen LogP contribution in [-0.4, -0.2) is 34.7 Å². The second-order valence-corrected chi connectivity index (χ2v) is 6.06. The summed E-state index contributed by atoms with van der Waals surface area (Å²) in [7, 11) is 0. The highest BCUT2D eigenvalue weighted by Crippen LogP contribution is 2.42. The highest BCUT2D eigenvalue weighted by Gasteiger charge is 2.51. The van der Waals surface area contributed by atoms with Crippen LogP contribution in [0.5, 0.6) is 0 Å². The Morgan fingerprint density at radius 2 is 2.06 bits per heavy atom. The average molecular weight is 226 g/mol. The predicted molar refractivity (Wildman–Crippen MR) is 62.1 cm³/mol. The summed E-state index contributed by atoms with van der Waals surface area (Å²) in [6.07, 6.45) is 3.94. The van der Waals surface area contributed by atoms with Crippen LogP contribution < -0.4 is 5.73 Å². The average Bonchev–Trinajstić information content (AvgIpc) is 2.70. The lowest BCUT2D eigenvalue weighted by molar-refractivity contribution is 0.0198. The van der Waals surface area contributed by atoms with Crippen LogP contribution in [0.2, 0.25) is 0 Å². The SMILES string of the molecule is CC(C)(C)OC(=O)N1CCC[C@@H]1C1(N)CC1. The summed E-state index contributed by atoms with van der Waals surface area (Å²) in [5.74, 6) is 0. The third-order valence-electron chi connectivity index (χ3n) is 3.37. The quantitative estimate of drug-likeness (QED) is 0.742. The Hall–Kier alpha value is -0.770. The molecular weight excluding hydrogens is 204 g/mol. The molecule has 0 unspecified atom stereocenters. The summed E-state index contributed by atoms with van der Waals surface area (Å²) in [5, 5.41) is 0. The molecule has 1 atom stereocenters. The highest BCUT2D eigenvalue weighted by atomic mass is 16.6. The minimum absolute atomic E-state index is 0.118. The zero-order valence-corrected chi connectivity index (χ0v) is 10.5. The molecule has 0 aromatic rings. The number of ether oxygens (including phenoxy) is 1. The molecule has 1 saturated carbocycles. The molecule has 4 nitrogen and oxygen atoms in total. The van der Waals surface area contributed by atoms with Crippen LogP contribution >= 0.6 is 0 Å². The minimum Gasteiger partial charge on any atom is -0.444 e. The maximum atomic E-state index is 12.0. The molecule has 0 radical (unpaired) electrons. The van der Waals surface area contributed by atoms with Crippen LogP contribution in [-0.2, 0) is 4.74 Å². The summed E-state index contributed by atoms with van der Waals surface area (Å²) in [6.45, 7) is 6.47. The molecule has 1 aliphatic carbocycles. The summed E-state index contributed by atoms with van der Waals surface area (Å²) in [5.41, 5.74) is 5.66. The predicted octanol–water partition coefficient (Wildman–Crippen LogP) is 1.88. The normalized spacial score (nSPS) is 28.0. The van der Waals surface area contributed by atoms with Gasteiger partial charge in [-0.1, -0.05) is 0 Å². The molecule has 0 aromatic carbocycles. The molecular formula is C12H22N2O2. The smallest absolute Gasteiger partial charge is 0.410 e. The fourth-order valence-corrected chi connectivity index (χ4v) is 2.38. The molecule has 2 rings (SSSR count). The zero-order valence-electron chi connectivity index (χ0n) is 10.5. The topological polar surface area (TPSA) is 55.6 Å². The van der Waals surface area contributed by atoms with Crippen LogP contribution in [0.4, 0.5) is 4.79 Å². The monoisotopic (exact) mass is 226 g/mol. The van der Waals surface area contributed by atoms with Crippen molar-refractivity contribution in [2.45, 2.75) is 63.6 Å². The Labute approximate surface area is 97.1 Å². The minimum atomic E-state index is -0.421. The van der Waals surface area contributed by atoms with Crippen LogP contribution in [0.3, 0.4) is 0 Å². The van der Waals surface area contributed by atoms with E-state index in [0.717, 1.165) is 32.2 Å². The van der Waals surface area contributed by atoms with E-state index in [1.165, 1.54) is 0 Å². The Morgan fingerprint density at radius 1 is 1.44 bits per heavy atom. The van der Waals surface area contributed by atoms with Crippen molar-refractivity contribution in [2.75, 3.05) is 6.54 Å². The van der Waals surface area contributed by atoms with Gasteiger partial charge in [-0.05, 0) is 46.5 Å². The van der Waals surface area contributed by atoms with E-state index in [2.05, 4.69) is 0 Å².